The van der Waals surface area contributed by atoms with E-state index in [2.05, 4.69) is 18.7 Å². The number of alkyl halides is 1. The lowest BCUT2D eigenvalue weighted by Crippen LogP contribution is -2.30. The summed E-state index contributed by atoms with van der Waals surface area (Å²) >= 11 is 0. The van der Waals surface area contributed by atoms with Crippen molar-refractivity contribution in [2.45, 2.75) is 65.2 Å². The molecule has 0 bridgehead atoms. The van der Waals surface area contributed by atoms with Gasteiger partial charge in [0.1, 0.15) is 6.67 Å². The van der Waals surface area contributed by atoms with E-state index in [1.807, 2.05) is 0 Å². The minimum absolute atomic E-state index is 0.250. The molecule has 0 aromatic heterocycles. The second-order valence-corrected chi connectivity index (χ2v) is 5.26. The van der Waals surface area contributed by atoms with E-state index in [9.17, 15) is 4.39 Å². The molecule has 0 unspecified atom stereocenters. The first kappa shape index (κ1) is 18.9. The van der Waals surface area contributed by atoms with Crippen LogP contribution in [0.1, 0.15) is 65.2 Å². The number of hydrogen-bond donors (Lipinski definition) is 0. The number of hydrogen-bond acceptors (Lipinski definition) is 2. The standard InChI is InChI=1S/C16H34FNO/c1-3-5-7-9-12-18(13-10-8-6-4-2)14-16-19-15-11-17/h3-16H2,1-2H3. The van der Waals surface area contributed by atoms with Crippen LogP contribution in [0.4, 0.5) is 4.39 Å². The molecule has 0 saturated carbocycles. The van der Waals surface area contributed by atoms with Crippen LogP contribution in [-0.2, 0) is 4.74 Å². The van der Waals surface area contributed by atoms with E-state index in [-0.39, 0.29) is 13.3 Å². The number of rotatable bonds is 15. The molecule has 0 fully saturated rings. The van der Waals surface area contributed by atoms with Gasteiger partial charge in [0.05, 0.1) is 13.2 Å². The maximum atomic E-state index is 12.0. The van der Waals surface area contributed by atoms with Crippen LogP contribution in [-0.4, -0.2) is 44.4 Å². The highest BCUT2D eigenvalue weighted by Gasteiger charge is 2.04. The van der Waals surface area contributed by atoms with Crippen molar-refractivity contribution in [2.75, 3.05) is 39.5 Å². The second kappa shape index (κ2) is 15.9. The summed E-state index contributed by atoms with van der Waals surface area (Å²) in [5.41, 5.74) is 0. The van der Waals surface area contributed by atoms with Crippen LogP contribution in [0.15, 0.2) is 0 Å². The third-order valence-corrected chi connectivity index (χ3v) is 3.43. The van der Waals surface area contributed by atoms with Crippen molar-refractivity contribution in [3.63, 3.8) is 0 Å². The highest BCUT2D eigenvalue weighted by atomic mass is 19.1. The maximum absolute atomic E-state index is 12.0. The smallest absolute Gasteiger partial charge is 0.113 e. The third-order valence-electron chi connectivity index (χ3n) is 3.43. The Hall–Kier alpha value is -0.150. The second-order valence-electron chi connectivity index (χ2n) is 5.26. The van der Waals surface area contributed by atoms with Crippen LogP contribution in [0.25, 0.3) is 0 Å². The number of halogens is 1. The Labute approximate surface area is 119 Å². The fourth-order valence-corrected chi connectivity index (χ4v) is 2.21. The average molecular weight is 275 g/mol. The Morgan fingerprint density at radius 3 is 1.79 bits per heavy atom. The van der Waals surface area contributed by atoms with E-state index in [1.54, 1.807) is 0 Å². The Balaban J connectivity index is 3.66. The van der Waals surface area contributed by atoms with E-state index in [1.165, 1.54) is 64.5 Å². The summed E-state index contributed by atoms with van der Waals surface area (Å²) in [6, 6.07) is 0. The molecule has 0 N–H and O–H groups in total. The Morgan fingerprint density at radius 1 is 0.737 bits per heavy atom. The number of nitrogens with zero attached hydrogens (tertiary/aromatic N) is 1. The van der Waals surface area contributed by atoms with Crippen LogP contribution in [0, 0.1) is 0 Å². The number of unbranched alkanes of at least 4 members (excludes halogenated alkanes) is 6. The van der Waals surface area contributed by atoms with E-state index in [0.29, 0.717) is 6.61 Å². The van der Waals surface area contributed by atoms with Crippen molar-refractivity contribution in [1.82, 2.24) is 4.90 Å². The third kappa shape index (κ3) is 14.1. The molecule has 0 saturated heterocycles. The predicted octanol–water partition coefficient (Wildman–Crippen LogP) is 4.44. The quantitative estimate of drug-likeness (QED) is 0.410. The number of ether oxygens (including phenoxy) is 1. The summed E-state index contributed by atoms with van der Waals surface area (Å²) < 4.78 is 17.2. The summed E-state index contributed by atoms with van der Waals surface area (Å²) in [7, 11) is 0. The minimum Gasteiger partial charge on any atom is -0.377 e. The molecule has 2 nitrogen and oxygen atoms in total. The maximum Gasteiger partial charge on any atom is 0.113 e. The van der Waals surface area contributed by atoms with Gasteiger partial charge >= 0.3 is 0 Å². The van der Waals surface area contributed by atoms with Gasteiger partial charge in [-0.3, -0.25) is 0 Å². The lowest BCUT2D eigenvalue weighted by molar-refractivity contribution is 0.0918. The van der Waals surface area contributed by atoms with Crippen LogP contribution in [0.5, 0.6) is 0 Å². The van der Waals surface area contributed by atoms with Crippen LogP contribution in [0.3, 0.4) is 0 Å². The van der Waals surface area contributed by atoms with Gasteiger partial charge in [0.25, 0.3) is 0 Å². The van der Waals surface area contributed by atoms with Crippen molar-refractivity contribution in [3.05, 3.63) is 0 Å². The lowest BCUT2D eigenvalue weighted by atomic mass is 10.1. The Morgan fingerprint density at radius 2 is 1.32 bits per heavy atom. The van der Waals surface area contributed by atoms with Gasteiger partial charge in [0.2, 0.25) is 0 Å². The molecule has 0 aliphatic rings. The zero-order chi connectivity index (χ0) is 14.2. The summed E-state index contributed by atoms with van der Waals surface area (Å²) in [6.45, 7) is 8.34. The molecule has 0 aromatic rings. The normalized spacial score (nSPS) is 11.4. The predicted molar refractivity (Wildman–Crippen MR) is 81.5 cm³/mol. The zero-order valence-corrected chi connectivity index (χ0v) is 13.1. The van der Waals surface area contributed by atoms with Crippen molar-refractivity contribution < 1.29 is 9.13 Å². The molecule has 116 valence electrons. The molecule has 0 amide bonds. The zero-order valence-electron chi connectivity index (χ0n) is 13.1. The molecule has 0 aromatic carbocycles. The van der Waals surface area contributed by atoms with Gasteiger partial charge in [-0.1, -0.05) is 52.4 Å². The van der Waals surface area contributed by atoms with Crippen LogP contribution in [0.2, 0.25) is 0 Å². The average Bonchev–Trinajstić information content (AvgIpc) is 2.43. The van der Waals surface area contributed by atoms with Crippen molar-refractivity contribution in [2.24, 2.45) is 0 Å². The molecule has 0 atom stereocenters. The monoisotopic (exact) mass is 275 g/mol. The summed E-state index contributed by atoms with van der Waals surface area (Å²) in [5.74, 6) is 0. The Kier molecular flexibility index (Phi) is 15.8. The van der Waals surface area contributed by atoms with Crippen molar-refractivity contribution in [1.29, 1.82) is 0 Å². The van der Waals surface area contributed by atoms with Crippen molar-refractivity contribution in [3.8, 4) is 0 Å². The summed E-state index contributed by atoms with van der Waals surface area (Å²) in [5, 5.41) is 0. The molecular formula is C16H34FNO. The van der Waals surface area contributed by atoms with Crippen LogP contribution >= 0.6 is 0 Å². The molecule has 0 aliphatic carbocycles. The van der Waals surface area contributed by atoms with Crippen molar-refractivity contribution >= 4 is 0 Å². The topological polar surface area (TPSA) is 12.5 Å². The van der Waals surface area contributed by atoms with E-state index in [0.717, 1.165) is 6.54 Å². The molecule has 0 rings (SSSR count). The Bertz CT molecular complexity index is 138. The van der Waals surface area contributed by atoms with E-state index < -0.39 is 0 Å². The minimum atomic E-state index is -0.368. The first-order valence-corrected chi connectivity index (χ1v) is 8.21. The van der Waals surface area contributed by atoms with E-state index >= 15 is 0 Å². The fourth-order valence-electron chi connectivity index (χ4n) is 2.21. The summed E-state index contributed by atoms with van der Waals surface area (Å²) in [4.78, 5) is 2.49. The fraction of sp³-hybridized carbons (Fsp3) is 1.00. The van der Waals surface area contributed by atoms with Gasteiger partial charge in [0.15, 0.2) is 0 Å². The molecule has 0 spiro atoms. The summed E-state index contributed by atoms with van der Waals surface area (Å²) in [6.07, 6.45) is 10.5. The molecule has 0 heterocycles. The lowest BCUT2D eigenvalue weighted by Gasteiger charge is -2.22. The molecule has 0 aliphatic heterocycles. The van der Waals surface area contributed by atoms with Gasteiger partial charge in [-0.05, 0) is 25.9 Å². The van der Waals surface area contributed by atoms with E-state index in [4.69, 9.17) is 4.74 Å². The molecular weight excluding hydrogens is 241 g/mol. The highest BCUT2D eigenvalue weighted by molar-refractivity contribution is 4.59. The van der Waals surface area contributed by atoms with Gasteiger partial charge in [0, 0.05) is 6.54 Å². The molecule has 19 heavy (non-hydrogen) atoms. The first-order chi connectivity index (χ1) is 9.35. The van der Waals surface area contributed by atoms with Crippen LogP contribution < -0.4 is 0 Å². The first-order valence-electron chi connectivity index (χ1n) is 8.21. The van der Waals surface area contributed by atoms with Gasteiger partial charge < -0.3 is 9.64 Å². The SMILES string of the molecule is CCCCCCN(CCCCCC)CCOCCF. The van der Waals surface area contributed by atoms with Gasteiger partial charge in [-0.15, -0.1) is 0 Å². The van der Waals surface area contributed by atoms with Gasteiger partial charge in [-0.25, -0.2) is 4.39 Å². The molecule has 3 heteroatoms. The highest BCUT2D eigenvalue weighted by Crippen LogP contribution is 2.05. The molecule has 0 radical (unpaired) electrons. The largest absolute Gasteiger partial charge is 0.377 e. The van der Waals surface area contributed by atoms with Gasteiger partial charge in [-0.2, -0.15) is 0 Å².